The Labute approximate surface area is 503 Å². The summed E-state index contributed by atoms with van der Waals surface area (Å²) in [6.45, 7) is 34.4. The Morgan fingerprint density at radius 1 is 0.488 bits per heavy atom. The van der Waals surface area contributed by atoms with E-state index in [0.29, 0.717) is 11.5 Å². The number of fused-ring (bicyclic) bond motifs is 3. The average molecular weight is 1260 g/mol. The zero-order valence-corrected chi connectivity index (χ0v) is 52.5. The van der Waals surface area contributed by atoms with Crippen LogP contribution in [-0.4, -0.2) is 9.55 Å². The van der Waals surface area contributed by atoms with Crippen LogP contribution >= 0.6 is 0 Å². The Kier molecular flexibility index (Phi) is 15.8. The van der Waals surface area contributed by atoms with E-state index >= 15 is 0 Å². The van der Waals surface area contributed by atoms with Crippen molar-refractivity contribution in [3.05, 3.63) is 263 Å². The van der Waals surface area contributed by atoms with Gasteiger partial charge in [-0.05, 0) is 115 Å². The van der Waals surface area contributed by atoms with Crippen molar-refractivity contribution in [1.82, 2.24) is 9.55 Å². The minimum absolute atomic E-state index is 0. The van der Waals surface area contributed by atoms with Crippen LogP contribution in [0.5, 0.6) is 11.5 Å². The van der Waals surface area contributed by atoms with E-state index in [1.54, 1.807) is 0 Å². The maximum Gasteiger partial charge on any atom is 0.135 e. The van der Waals surface area contributed by atoms with Gasteiger partial charge in [-0.2, -0.15) is 6.07 Å². The maximum atomic E-state index is 7.14. The summed E-state index contributed by atoms with van der Waals surface area (Å²) in [5.41, 5.74) is 17.7. The fourth-order valence-corrected chi connectivity index (χ4v) is 11.6. The van der Waals surface area contributed by atoms with E-state index in [1.807, 2.05) is 6.20 Å². The number of anilines is 2. The van der Waals surface area contributed by atoms with Gasteiger partial charge < -0.3 is 19.1 Å². The molecule has 0 aliphatic carbocycles. The summed E-state index contributed by atoms with van der Waals surface area (Å²) in [5, 5.41) is 2.25. The Morgan fingerprint density at radius 2 is 1.06 bits per heavy atom. The van der Waals surface area contributed by atoms with Gasteiger partial charge in [-0.1, -0.05) is 230 Å². The van der Waals surface area contributed by atoms with Crippen LogP contribution in [0, 0.1) is 18.8 Å². The van der Waals surface area contributed by atoms with E-state index in [0.717, 1.165) is 55.8 Å². The molecule has 82 heavy (non-hydrogen) atoms. The van der Waals surface area contributed by atoms with Crippen molar-refractivity contribution in [3.63, 3.8) is 0 Å². The van der Waals surface area contributed by atoms with Gasteiger partial charge in [-0.3, -0.25) is 0 Å². The van der Waals surface area contributed by atoms with Gasteiger partial charge in [0.2, 0.25) is 0 Å². The molecule has 0 unspecified atom stereocenters. The van der Waals surface area contributed by atoms with E-state index in [-0.39, 0.29) is 54.6 Å². The SMILES string of the molecule is CC(C)c1cccc(C(C)C)c1C1=CN(c2cc(C(C)(C)c3ccccc3)cc(C(C)(C)c3ccccc3)c2)[CH-]N1c1[c-]c(Oc2[c-]c3c(cc2)c2cc(C(C)(C)C)ccc2n3-c2cc(C(C)(C)C)ccn2)cc(-c2ccccc2)c1.[Pt]. The second kappa shape index (κ2) is 22.4. The molecule has 0 spiro atoms. The third kappa shape index (κ3) is 11.1. The molecular formula is C76H77N4OPt-3. The standard InChI is InChI=1S/C76H77N4O.Pt/c1-50(2)64-31-24-32-65(51(3)4)72(64)70-48-78(60-42-58(75(11,12)54-27-20-16-21-28-54)41-59(43-60)76(13,14)55-29-22-17-23-30-55)49-79(70)61-39-53(52-25-18-15-19-26-52)40-63(46-61)81-62-34-35-66-67-44-56(73(5,6)7)33-36-68(67)80(69(66)47-62)71-45-57(37-38-77-71)74(8,9)10;/h15-45,48-51H,1-14H3;/q-3;. The summed E-state index contributed by atoms with van der Waals surface area (Å²) in [5.74, 6) is 2.53. The fraction of sp³-hybridized carbons (Fsp3) is 0.263. The first-order chi connectivity index (χ1) is 38.6. The normalized spacial score (nSPS) is 13.3. The molecule has 0 atom stereocenters. The summed E-state index contributed by atoms with van der Waals surface area (Å²) in [6.07, 6.45) is 4.28. The van der Waals surface area contributed by atoms with Gasteiger partial charge in [0.25, 0.3) is 0 Å². The van der Waals surface area contributed by atoms with Crippen molar-refractivity contribution in [2.24, 2.45) is 0 Å². The first-order valence-corrected chi connectivity index (χ1v) is 28.9. The largest absolute Gasteiger partial charge is 0.509 e. The molecule has 0 saturated carbocycles. The molecule has 0 fully saturated rings. The minimum atomic E-state index is -0.305. The van der Waals surface area contributed by atoms with Gasteiger partial charge in [0.05, 0.1) is 0 Å². The van der Waals surface area contributed by atoms with Crippen LogP contribution in [0.15, 0.2) is 194 Å². The second-order valence-electron chi connectivity index (χ2n) is 25.9. The van der Waals surface area contributed by atoms with Crippen molar-refractivity contribution in [1.29, 1.82) is 0 Å². The molecule has 2 aromatic heterocycles. The number of ether oxygens (including phenoxy) is 1. The van der Waals surface area contributed by atoms with Gasteiger partial charge in [-0.25, -0.2) is 4.98 Å². The van der Waals surface area contributed by atoms with Gasteiger partial charge >= 0.3 is 0 Å². The summed E-state index contributed by atoms with van der Waals surface area (Å²) >= 11 is 0. The van der Waals surface area contributed by atoms with E-state index in [2.05, 4.69) is 318 Å². The van der Waals surface area contributed by atoms with Crippen LogP contribution in [0.1, 0.15) is 159 Å². The number of hydrogen-bond donors (Lipinski definition) is 0. The van der Waals surface area contributed by atoms with Crippen LogP contribution in [0.2, 0.25) is 0 Å². The summed E-state index contributed by atoms with van der Waals surface area (Å²) in [4.78, 5) is 9.69. The topological polar surface area (TPSA) is 33.5 Å². The number of aromatic nitrogens is 2. The molecule has 5 nitrogen and oxygen atoms in total. The Balaban J connectivity index is 0.00000753. The zero-order chi connectivity index (χ0) is 57.2. The molecule has 0 saturated heterocycles. The van der Waals surface area contributed by atoms with Crippen LogP contribution < -0.4 is 14.5 Å². The second-order valence-corrected chi connectivity index (χ2v) is 25.9. The molecule has 8 aromatic carbocycles. The molecule has 6 heteroatoms. The van der Waals surface area contributed by atoms with Crippen molar-refractivity contribution < 1.29 is 25.8 Å². The molecule has 10 aromatic rings. The van der Waals surface area contributed by atoms with Crippen molar-refractivity contribution >= 4 is 38.9 Å². The van der Waals surface area contributed by atoms with Gasteiger partial charge in [-0.15, -0.1) is 53.6 Å². The first kappa shape index (κ1) is 57.8. The molecule has 11 rings (SSSR count). The van der Waals surface area contributed by atoms with Crippen LogP contribution in [0.3, 0.4) is 0 Å². The molecule has 1 aliphatic rings. The Morgan fingerprint density at radius 3 is 1.63 bits per heavy atom. The molecule has 420 valence electrons. The first-order valence-electron chi connectivity index (χ1n) is 28.9. The minimum Gasteiger partial charge on any atom is -0.509 e. The number of nitrogens with zero attached hydrogens (tertiary/aromatic N) is 4. The van der Waals surface area contributed by atoms with Crippen molar-refractivity contribution in [3.8, 4) is 28.4 Å². The summed E-state index contributed by atoms with van der Waals surface area (Å²) in [7, 11) is 0. The predicted octanol–water partition coefficient (Wildman–Crippen LogP) is 20.2. The third-order valence-electron chi connectivity index (χ3n) is 16.8. The van der Waals surface area contributed by atoms with E-state index in [9.17, 15) is 0 Å². The molecule has 0 bridgehead atoms. The van der Waals surface area contributed by atoms with Gasteiger partial charge in [0.15, 0.2) is 0 Å². The molecule has 0 radical (unpaired) electrons. The summed E-state index contributed by atoms with van der Waals surface area (Å²) in [6, 6.07) is 73.9. The number of hydrogen-bond acceptors (Lipinski definition) is 4. The van der Waals surface area contributed by atoms with E-state index in [1.165, 1.54) is 50.1 Å². The maximum absolute atomic E-state index is 7.14. The van der Waals surface area contributed by atoms with Crippen molar-refractivity contribution in [2.45, 2.75) is 130 Å². The molecule has 1 aliphatic heterocycles. The van der Waals surface area contributed by atoms with Crippen LogP contribution in [-0.2, 0) is 42.7 Å². The van der Waals surface area contributed by atoms with E-state index in [4.69, 9.17) is 9.72 Å². The molecular weight excluding hydrogens is 1180 g/mol. The Bertz CT molecular complexity index is 3870. The molecule has 0 N–H and O–H groups in total. The average Bonchev–Trinajstić information content (AvgIpc) is 4.16. The smallest absolute Gasteiger partial charge is 0.135 e. The predicted molar refractivity (Wildman–Crippen MR) is 341 cm³/mol. The molecule has 0 amide bonds. The van der Waals surface area contributed by atoms with Crippen molar-refractivity contribution in [2.75, 3.05) is 9.80 Å². The summed E-state index contributed by atoms with van der Waals surface area (Å²) < 4.78 is 9.39. The van der Waals surface area contributed by atoms with Gasteiger partial charge in [0.1, 0.15) is 5.82 Å². The number of rotatable bonds is 13. The number of pyridine rings is 1. The molecule has 3 heterocycles. The number of benzene rings is 8. The quantitative estimate of drug-likeness (QED) is 0.108. The van der Waals surface area contributed by atoms with Crippen LogP contribution in [0.4, 0.5) is 11.4 Å². The van der Waals surface area contributed by atoms with Gasteiger partial charge in [0, 0.05) is 72.1 Å². The fourth-order valence-electron chi connectivity index (χ4n) is 11.6. The third-order valence-corrected chi connectivity index (χ3v) is 16.8. The monoisotopic (exact) mass is 1260 g/mol. The zero-order valence-electron chi connectivity index (χ0n) is 50.2. The van der Waals surface area contributed by atoms with Crippen LogP contribution in [0.25, 0.3) is 44.4 Å². The van der Waals surface area contributed by atoms with E-state index < -0.39 is 0 Å². The Hall–Kier alpha value is -7.46.